The second-order valence-electron chi connectivity index (χ2n) is 7.53. The zero-order valence-corrected chi connectivity index (χ0v) is 18.1. The number of benzene rings is 2. The second kappa shape index (κ2) is 8.56. The van der Waals surface area contributed by atoms with Gasteiger partial charge in [0.05, 0.1) is 22.3 Å². The van der Waals surface area contributed by atoms with Crippen LogP contribution in [0.15, 0.2) is 59.6 Å². The summed E-state index contributed by atoms with van der Waals surface area (Å²) >= 11 is 0. The van der Waals surface area contributed by atoms with Crippen LogP contribution in [-0.2, 0) is 16.4 Å². The number of tetrazole rings is 1. The maximum absolute atomic E-state index is 12.3. The van der Waals surface area contributed by atoms with Crippen molar-refractivity contribution in [2.45, 2.75) is 24.0 Å². The van der Waals surface area contributed by atoms with Crippen LogP contribution in [0.4, 0.5) is 17.5 Å². The van der Waals surface area contributed by atoms with E-state index in [0.29, 0.717) is 35.0 Å². The van der Waals surface area contributed by atoms with Gasteiger partial charge >= 0.3 is 0 Å². The van der Waals surface area contributed by atoms with Gasteiger partial charge in [-0.2, -0.15) is 10.2 Å². The molecule has 0 saturated heterocycles. The average molecular weight is 465 g/mol. The minimum absolute atomic E-state index is 0.0644. The Balaban J connectivity index is 1.45. The van der Waals surface area contributed by atoms with E-state index in [2.05, 4.69) is 41.2 Å². The summed E-state index contributed by atoms with van der Waals surface area (Å²) in [6.07, 6.45) is 0.905. The van der Waals surface area contributed by atoms with E-state index >= 15 is 0 Å². The molecule has 1 aliphatic rings. The van der Waals surface area contributed by atoms with E-state index in [-0.39, 0.29) is 23.0 Å². The molecule has 4 aromatic rings. The third-order valence-electron chi connectivity index (χ3n) is 5.30. The van der Waals surface area contributed by atoms with Crippen molar-refractivity contribution in [3.63, 3.8) is 0 Å². The lowest BCUT2D eigenvalue weighted by molar-refractivity contribution is 0.168. The molecule has 1 atom stereocenters. The van der Waals surface area contributed by atoms with Gasteiger partial charge in [0.2, 0.25) is 11.8 Å². The predicted octanol–water partition coefficient (Wildman–Crippen LogP) is 2.22. The topological polar surface area (TPSA) is 159 Å². The molecule has 0 radical (unpaired) electrons. The fourth-order valence-corrected chi connectivity index (χ4v) is 5.21. The lowest BCUT2D eigenvalue weighted by Crippen LogP contribution is -2.20. The maximum atomic E-state index is 12.3. The number of nitrogens with zero attached hydrogens (tertiary/aromatic N) is 5. The van der Waals surface area contributed by atoms with Crippen molar-refractivity contribution in [1.29, 1.82) is 0 Å². The Labute approximate surface area is 189 Å². The van der Waals surface area contributed by atoms with Gasteiger partial charge in [-0.05, 0) is 35.4 Å². The average Bonchev–Trinajstić information content (AvgIpc) is 3.36. The van der Waals surface area contributed by atoms with Crippen LogP contribution in [0, 0.1) is 0 Å². The molecule has 0 saturated carbocycles. The van der Waals surface area contributed by atoms with E-state index in [1.807, 2.05) is 30.3 Å². The van der Waals surface area contributed by atoms with E-state index in [1.165, 1.54) is 6.07 Å². The number of nitrogens with one attached hydrogen (secondary N) is 3. The van der Waals surface area contributed by atoms with Gasteiger partial charge in [0.15, 0.2) is 9.84 Å². The van der Waals surface area contributed by atoms with E-state index in [1.54, 1.807) is 18.3 Å². The highest BCUT2D eigenvalue weighted by Crippen LogP contribution is 2.34. The molecule has 12 heteroatoms. The molecule has 0 bridgehead atoms. The van der Waals surface area contributed by atoms with Crippen LogP contribution >= 0.6 is 0 Å². The maximum Gasteiger partial charge on any atom is 0.229 e. The molecule has 0 aliphatic carbocycles. The Bertz CT molecular complexity index is 1380. The molecule has 33 heavy (non-hydrogen) atoms. The van der Waals surface area contributed by atoms with Gasteiger partial charge in [-0.15, -0.1) is 10.2 Å². The van der Waals surface area contributed by atoms with Gasteiger partial charge in [-0.3, -0.25) is 0 Å². The lowest BCUT2D eigenvalue weighted by Gasteiger charge is -2.22. The van der Waals surface area contributed by atoms with Crippen molar-refractivity contribution in [3.05, 3.63) is 65.9 Å². The summed E-state index contributed by atoms with van der Waals surface area (Å²) < 4.78 is 24.6. The fraction of sp³-hybridized carbons (Fsp3) is 0.190. The smallest absolute Gasteiger partial charge is 0.229 e. The Kier molecular flexibility index (Phi) is 5.44. The number of sulfone groups is 1. The number of anilines is 3. The quantitative estimate of drug-likeness (QED) is 0.333. The molecule has 2 aromatic heterocycles. The standard InChI is InChI=1S/C21H20N8O3S/c30-17-8-9-33(31,32)18-7-6-14(10-15(17)18)24-21-23-12-16(20-26-28-29-27-20)19(25-21)22-11-13-4-2-1-3-5-13/h1-7,10,12,17,30H,8-9,11H2,(H2,22,23,24,25)(H,26,27,28,29). The fourth-order valence-electron chi connectivity index (χ4n) is 3.63. The van der Waals surface area contributed by atoms with Gasteiger partial charge in [0, 0.05) is 24.0 Å². The number of rotatable bonds is 6. The number of aliphatic hydroxyl groups excluding tert-OH is 1. The minimum Gasteiger partial charge on any atom is -0.388 e. The molecule has 4 N–H and O–H groups in total. The van der Waals surface area contributed by atoms with Crippen molar-refractivity contribution in [3.8, 4) is 11.4 Å². The number of hydrogen-bond donors (Lipinski definition) is 4. The summed E-state index contributed by atoms with van der Waals surface area (Å²) in [5.74, 6) is 1.06. The number of H-pyrrole nitrogens is 1. The first-order valence-corrected chi connectivity index (χ1v) is 11.9. The lowest BCUT2D eigenvalue weighted by atomic mass is 10.1. The van der Waals surface area contributed by atoms with Gasteiger partial charge in [0.25, 0.3) is 0 Å². The third kappa shape index (κ3) is 4.38. The second-order valence-corrected chi connectivity index (χ2v) is 9.61. The Morgan fingerprint density at radius 1 is 1.15 bits per heavy atom. The molecule has 3 heterocycles. The third-order valence-corrected chi connectivity index (χ3v) is 7.11. The number of hydrogen-bond acceptors (Lipinski definition) is 10. The Morgan fingerprint density at radius 3 is 2.79 bits per heavy atom. The Hall–Kier alpha value is -3.90. The molecule has 1 unspecified atom stereocenters. The summed E-state index contributed by atoms with van der Waals surface area (Å²) in [6.45, 7) is 0.519. The first-order valence-electron chi connectivity index (χ1n) is 10.2. The predicted molar refractivity (Wildman–Crippen MR) is 120 cm³/mol. The number of aliphatic hydroxyl groups is 1. The first kappa shape index (κ1) is 21.0. The van der Waals surface area contributed by atoms with Crippen molar-refractivity contribution >= 4 is 27.3 Å². The van der Waals surface area contributed by atoms with Gasteiger partial charge < -0.3 is 15.7 Å². The van der Waals surface area contributed by atoms with Crippen molar-refractivity contribution in [1.82, 2.24) is 30.6 Å². The summed E-state index contributed by atoms with van der Waals surface area (Å²) in [7, 11) is -3.39. The summed E-state index contributed by atoms with van der Waals surface area (Å²) in [5.41, 5.74) is 2.56. The van der Waals surface area contributed by atoms with Crippen LogP contribution in [0.5, 0.6) is 0 Å². The molecule has 2 aromatic carbocycles. The molecule has 5 rings (SSSR count). The van der Waals surface area contributed by atoms with Crippen LogP contribution in [-0.4, -0.2) is 49.9 Å². The highest BCUT2D eigenvalue weighted by molar-refractivity contribution is 7.91. The minimum atomic E-state index is -3.39. The van der Waals surface area contributed by atoms with Crippen molar-refractivity contribution in [2.24, 2.45) is 0 Å². The number of aromatic nitrogens is 6. The van der Waals surface area contributed by atoms with Crippen LogP contribution < -0.4 is 10.6 Å². The Morgan fingerprint density at radius 2 is 2.00 bits per heavy atom. The molecular weight excluding hydrogens is 444 g/mol. The summed E-state index contributed by atoms with van der Waals surface area (Å²) in [4.78, 5) is 9.06. The normalized spacial score (nSPS) is 16.7. The zero-order chi connectivity index (χ0) is 22.8. The van der Waals surface area contributed by atoms with E-state index in [9.17, 15) is 13.5 Å². The molecule has 168 valence electrons. The van der Waals surface area contributed by atoms with E-state index in [4.69, 9.17) is 0 Å². The SMILES string of the molecule is O=S1(=O)CCC(O)c2cc(Nc3ncc(-c4nn[nH]n4)c(NCc4ccccc4)n3)ccc21. The van der Waals surface area contributed by atoms with Gasteiger partial charge in [-0.25, -0.2) is 13.4 Å². The summed E-state index contributed by atoms with van der Waals surface area (Å²) in [5, 5.41) is 30.7. The van der Waals surface area contributed by atoms with Crippen LogP contribution in [0.3, 0.4) is 0 Å². The number of fused-ring (bicyclic) bond motifs is 1. The van der Waals surface area contributed by atoms with Crippen LogP contribution in [0.1, 0.15) is 23.7 Å². The first-order chi connectivity index (χ1) is 16.0. The highest BCUT2D eigenvalue weighted by atomic mass is 32.2. The molecule has 0 fully saturated rings. The molecule has 0 spiro atoms. The van der Waals surface area contributed by atoms with Gasteiger partial charge in [-0.1, -0.05) is 30.3 Å². The van der Waals surface area contributed by atoms with Crippen LogP contribution in [0.25, 0.3) is 11.4 Å². The molecular formula is C21H20N8O3S. The van der Waals surface area contributed by atoms with E-state index < -0.39 is 15.9 Å². The molecule has 1 aliphatic heterocycles. The van der Waals surface area contributed by atoms with Crippen molar-refractivity contribution < 1.29 is 13.5 Å². The highest BCUT2D eigenvalue weighted by Gasteiger charge is 2.29. The van der Waals surface area contributed by atoms with Gasteiger partial charge in [0.1, 0.15) is 5.82 Å². The molecule has 11 nitrogen and oxygen atoms in total. The van der Waals surface area contributed by atoms with Crippen LogP contribution in [0.2, 0.25) is 0 Å². The number of aromatic amines is 1. The monoisotopic (exact) mass is 464 g/mol. The van der Waals surface area contributed by atoms with E-state index in [0.717, 1.165) is 5.56 Å². The molecule has 0 amide bonds. The zero-order valence-electron chi connectivity index (χ0n) is 17.3. The summed E-state index contributed by atoms with van der Waals surface area (Å²) in [6, 6.07) is 14.6. The van der Waals surface area contributed by atoms with Crippen molar-refractivity contribution in [2.75, 3.05) is 16.4 Å². The largest absolute Gasteiger partial charge is 0.388 e.